The highest BCUT2D eigenvalue weighted by molar-refractivity contribution is 6.39. The van der Waals surface area contributed by atoms with Gasteiger partial charge in [-0.1, -0.05) is 35.9 Å². The zero-order valence-corrected chi connectivity index (χ0v) is 14.4. The maximum Gasteiger partial charge on any atom is 0.335 e. The van der Waals surface area contributed by atoms with Gasteiger partial charge in [-0.05, 0) is 31.2 Å². The zero-order valence-electron chi connectivity index (χ0n) is 14.4. The van der Waals surface area contributed by atoms with Gasteiger partial charge in [-0.15, -0.1) is 0 Å². The first kappa shape index (κ1) is 17.9. The molecule has 27 heavy (non-hydrogen) atoms. The molecule has 2 aromatic rings. The number of ether oxygens (including phenoxy) is 1. The lowest BCUT2D eigenvalue weighted by Gasteiger charge is -2.26. The minimum absolute atomic E-state index is 0.172. The smallest absolute Gasteiger partial charge is 0.335 e. The number of nitrogens with zero attached hydrogens (tertiary/aromatic N) is 2. The predicted octanol–water partition coefficient (Wildman–Crippen LogP) is 2.56. The number of carbonyl (C=O) groups is 3. The van der Waals surface area contributed by atoms with Gasteiger partial charge < -0.3 is 4.74 Å². The van der Waals surface area contributed by atoms with Crippen LogP contribution >= 0.6 is 0 Å². The van der Waals surface area contributed by atoms with Crippen molar-refractivity contribution in [2.75, 3.05) is 11.5 Å². The molecule has 1 saturated heterocycles. The third-order valence-corrected chi connectivity index (χ3v) is 3.90. The molecular formula is C20H15N3O4. The zero-order chi connectivity index (χ0) is 19.4. The highest BCUT2D eigenvalue weighted by Crippen LogP contribution is 2.25. The summed E-state index contributed by atoms with van der Waals surface area (Å²) in [5.74, 6) is -1.17. The van der Waals surface area contributed by atoms with Gasteiger partial charge in [-0.25, -0.2) is 9.69 Å². The number of para-hydroxylation sites is 1. The number of imide groups is 2. The van der Waals surface area contributed by atoms with Crippen LogP contribution in [0.2, 0.25) is 0 Å². The van der Waals surface area contributed by atoms with Crippen LogP contribution in [0.3, 0.4) is 0 Å². The second-order valence-electron chi connectivity index (χ2n) is 5.78. The van der Waals surface area contributed by atoms with Gasteiger partial charge in [0.2, 0.25) is 0 Å². The predicted molar refractivity (Wildman–Crippen MR) is 97.7 cm³/mol. The Morgan fingerprint density at radius 2 is 1.81 bits per heavy atom. The van der Waals surface area contributed by atoms with Crippen LogP contribution in [-0.2, 0) is 9.59 Å². The molecule has 1 fully saturated rings. The molecule has 7 heteroatoms. The first-order valence-corrected chi connectivity index (χ1v) is 8.08. The van der Waals surface area contributed by atoms with Gasteiger partial charge in [0.15, 0.2) is 6.61 Å². The van der Waals surface area contributed by atoms with Crippen LogP contribution in [0.15, 0.2) is 54.1 Å². The minimum Gasteiger partial charge on any atom is -0.478 e. The molecule has 0 aliphatic carbocycles. The number of barbiturate groups is 1. The molecule has 0 spiro atoms. The number of anilines is 1. The second-order valence-corrected chi connectivity index (χ2v) is 5.78. The fraction of sp³-hybridized carbons (Fsp3) is 0.100. The molecule has 0 aromatic heterocycles. The van der Waals surface area contributed by atoms with Crippen LogP contribution in [0.4, 0.5) is 10.5 Å². The third kappa shape index (κ3) is 3.70. The van der Waals surface area contributed by atoms with Crippen LogP contribution in [0.25, 0.3) is 6.08 Å². The molecule has 2 aromatic carbocycles. The SMILES string of the molecule is Cc1ccc(N2C(=O)NC(=O)C(=Cc3ccccc3OCC#N)C2=O)cc1. The van der Waals surface area contributed by atoms with Crippen LogP contribution < -0.4 is 15.0 Å². The van der Waals surface area contributed by atoms with E-state index in [0.29, 0.717) is 17.0 Å². The van der Waals surface area contributed by atoms with Crippen molar-refractivity contribution < 1.29 is 19.1 Å². The molecule has 1 heterocycles. The number of aryl methyl sites for hydroxylation is 1. The van der Waals surface area contributed by atoms with Crippen molar-refractivity contribution in [3.8, 4) is 11.8 Å². The van der Waals surface area contributed by atoms with E-state index in [1.807, 2.05) is 13.0 Å². The number of benzene rings is 2. The first-order valence-electron chi connectivity index (χ1n) is 8.08. The summed E-state index contributed by atoms with van der Waals surface area (Å²) in [6, 6.07) is 14.5. The maximum atomic E-state index is 12.8. The van der Waals surface area contributed by atoms with E-state index in [2.05, 4.69) is 5.32 Å². The van der Waals surface area contributed by atoms with E-state index in [9.17, 15) is 14.4 Å². The van der Waals surface area contributed by atoms with E-state index in [1.165, 1.54) is 6.08 Å². The Morgan fingerprint density at radius 3 is 2.52 bits per heavy atom. The number of hydrogen-bond acceptors (Lipinski definition) is 5. The number of carbonyl (C=O) groups excluding carboxylic acids is 3. The van der Waals surface area contributed by atoms with Gasteiger partial charge in [-0.3, -0.25) is 14.9 Å². The molecule has 1 aliphatic rings. The number of hydrogen-bond donors (Lipinski definition) is 1. The molecule has 4 amide bonds. The lowest BCUT2D eigenvalue weighted by Crippen LogP contribution is -2.54. The van der Waals surface area contributed by atoms with E-state index in [4.69, 9.17) is 10.00 Å². The Hall–Kier alpha value is -3.92. The van der Waals surface area contributed by atoms with E-state index in [0.717, 1.165) is 10.5 Å². The van der Waals surface area contributed by atoms with Gasteiger partial charge in [-0.2, -0.15) is 5.26 Å². The number of rotatable bonds is 4. The maximum absolute atomic E-state index is 12.8. The summed E-state index contributed by atoms with van der Waals surface area (Å²) in [5, 5.41) is 10.9. The number of nitriles is 1. The summed E-state index contributed by atoms with van der Waals surface area (Å²) in [6.07, 6.45) is 1.35. The van der Waals surface area contributed by atoms with Crippen molar-refractivity contribution >= 4 is 29.6 Å². The Bertz CT molecular complexity index is 987. The van der Waals surface area contributed by atoms with Crippen molar-refractivity contribution in [3.63, 3.8) is 0 Å². The molecule has 134 valence electrons. The molecule has 0 bridgehead atoms. The fourth-order valence-corrected chi connectivity index (χ4v) is 2.58. The normalized spacial score (nSPS) is 15.5. The van der Waals surface area contributed by atoms with Gasteiger partial charge >= 0.3 is 6.03 Å². The van der Waals surface area contributed by atoms with Crippen molar-refractivity contribution in [3.05, 3.63) is 65.2 Å². The van der Waals surface area contributed by atoms with Crippen molar-refractivity contribution in [1.29, 1.82) is 5.26 Å². The number of nitrogens with one attached hydrogen (secondary N) is 1. The largest absolute Gasteiger partial charge is 0.478 e. The third-order valence-electron chi connectivity index (χ3n) is 3.90. The molecular weight excluding hydrogens is 346 g/mol. The highest BCUT2D eigenvalue weighted by atomic mass is 16.5. The summed E-state index contributed by atoms with van der Waals surface area (Å²) in [5.41, 5.74) is 1.57. The van der Waals surface area contributed by atoms with E-state index >= 15 is 0 Å². The average molecular weight is 361 g/mol. The quantitative estimate of drug-likeness (QED) is 0.666. The van der Waals surface area contributed by atoms with Gasteiger partial charge in [0.1, 0.15) is 17.4 Å². The standard InChI is InChI=1S/C20H15N3O4/c1-13-6-8-15(9-7-13)23-19(25)16(18(24)22-20(23)26)12-14-4-2-3-5-17(14)27-11-10-21/h2-9,12H,11H2,1H3,(H,22,24,26). The summed E-state index contributed by atoms with van der Waals surface area (Å²) in [6.45, 7) is 1.71. The van der Waals surface area contributed by atoms with E-state index in [-0.39, 0.29) is 12.2 Å². The van der Waals surface area contributed by atoms with Crippen LogP contribution in [0.5, 0.6) is 5.75 Å². The summed E-state index contributed by atoms with van der Waals surface area (Å²) >= 11 is 0. The second kappa shape index (κ2) is 7.54. The van der Waals surface area contributed by atoms with Crippen LogP contribution in [0.1, 0.15) is 11.1 Å². The molecule has 0 radical (unpaired) electrons. The Kier molecular flexibility index (Phi) is 4.99. The fourth-order valence-electron chi connectivity index (χ4n) is 2.58. The van der Waals surface area contributed by atoms with E-state index in [1.54, 1.807) is 48.5 Å². The first-order chi connectivity index (χ1) is 13.0. The average Bonchev–Trinajstić information content (AvgIpc) is 2.65. The summed E-state index contributed by atoms with van der Waals surface area (Å²) in [7, 11) is 0. The van der Waals surface area contributed by atoms with Gasteiger partial charge in [0.05, 0.1) is 5.69 Å². The molecule has 7 nitrogen and oxygen atoms in total. The molecule has 0 atom stereocenters. The van der Waals surface area contributed by atoms with Crippen molar-refractivity contribution in [2.45, 2.75) is 6.92 Å². The van der Waals surface area contributed by atoms with Crippen molar-refractivity contribution in [1.82, 2.24) is 5.32 Å². The van der Waals surface area contributed by atoms with Crippen LogP contribution in [0, 0.1) is 18.3 Å². The minimum atomic E-state index is -0.806. The van der Waals surface area contributed by atoms with E-state index < -0.39 is 17.8 Å². The topological polar surface area (TPSA) is 99.5 Å². The van der Waals surface area contributed by atoms with Crippen LogP contribution in [-0.4, -0.2) is 24.5 Å². The summed E-state index contributed by atoms with van der Waals surface area (Å²) in [4.78, 5) is 38.2. The highest BCUT2D eigenvalue weighted by Gasteiger charge is 2.36. The molecule has 3 rings (SSSR count). The van der Waals surface area contributed by atoms with Gasteiger partial charge in [0, 0.05) is 5.56 Å². The molecule has 1 aliphatic heterocycles. The molecule has 0 unspecified atom stereocenters. The Labute approximate surface area is 155 Å². The molecule has 0 saturated carbocycles. The van der Waals surface area contributed by atoms with Crippen molar-refractivity contribution in [2.24, 2.45) is 0 Å². The lowest BCUT2D eigenvalue weighted by molar-refractivity contribution is -0.122. The Morgan fingerprint density at radius 1 is 1.11 bits per heavy atom. The number of urea groups is 1. The monoisotopic (exact) mass is 361 g/mol. The summed E-state index contributed by atoms with van der Waals surface area (Å²) < 4.78 is 5.31. The lowest BCUT2D eigenvalue weighted by atomic mass is 10.1. The van der Waals surface area contributed by atoms with Gasteiger partial charge in [0.25, 0.3) is 11.8 Å². The Balaban J connectivity index is 2.00. The number of amides is 4. The molecule has 1 N–H and O–H groups in total.